The number of carbonyl (C=O) groups excluding carboxylic acids is 1. The van der Waals surface area contributed by atoms with Crippen LogP contribution >= 0.6 is 15.9 Å². The minimum atomic E-state index is -0.814. The van der Waals surface area contributed by atoms with E-state index in [1.54, 1.807) is 0 Å². The first-order chi connectivity index (χ1) is 16.2. The minimum absolute atomic E-state index is 0.0151. The summed E-state index contributed by atoms with van der Waals surface area (Å²) in [6, 6.07) is 4.41. The highest BCUT2D eigenvalue weighted by Gasteiger charge is 2.56. The SMILES string of the molecule is CC(C)c1cc2c(cc1Br)[C@@]1(C)CCC[C@@](C)(C(=O)O)[C@@H]1C/C2=N\OCCCNC(=O)C(C)(C)C. The van der Waals surface area contributed by atoms with Gasteiger partial charge in [0.15, 0.2) is 0 Å². The third-order valence-corrected chi connectivity index (χ3v) is 8.74. The number of amides is 1. The molecule has 2 aliphatic rings. The monoisotopic (exact) mass is 548 g/mol. The van der Waals surface area contributed by atoms with Gasteiger partial charge in [-0.3, -0.25) is 9.59 Å². The Morgan fingerprint density at radius 3 is 2.54 bits per heavy atom. The van der Waals surface area contributed by atoms with Crippen molar-refractivity contribution in [2.45, 2.75) is 91.9 Å². The summed E-state index contributed by atoms with van der Waals surface area (Å²) in [6.07, 6.45) is 3.75. The van der Waals surface area contributed by atoms with Gasteiger partial charge in [-0.25, -0.2) is 0 Å². The maximum atomic E-state index is 12.4. The molecule has 0 unspecified atom stereocenters. The molecule has 0 radical (unpaired) electrons. The topological polar surface area (TPSA) is 88.0 Å². The standard InChI is InChI=1S/C28H41BrN2O4/c1-17(2)18-14-19-20(15-21(18)29)27(6)10-8-11-28(7,25(33)34)23(27)16-22(19)31-35-13-9-12-30-24(32)26(3,4)5/h14-15,17,23H,8-13,16H2,1-7H3,(H,30,32)(H,33,34)/b31-22+/t23-,27-,28-/m1/s1. The zero-order valence-corrected chi connectivity index (χ0v) is 23.8. The Hall–Kier alpha value is -1.89. The van der Waals surface area contributed by atoms with Gasteiger partial charge in [0.25, 0.3) is 0 Å². The Morgan fingerprint density at radius 2 is 1.94 bits per heavy atom. The average Bonchev–Trinajstić information content (AvgIpc) is 2.75. The van der Waals surface area contributed by atoms with Crippen molar-refractivity contribution in [1.82, 2.24) is 5.32 Å². The lowest BCUT2D eigenvalue weighted by molar-refractivity contribution is -0.156. The summed E-state index contributed by atoms with van der Waals surface area (Å²) < 4.78 is 1.06. The first-order valence-corrected chi connectivity index (χ1v) is 13.6. The van der Waals surface area contributed by atoms with Crippen LogP contribution in [-0.2, 0) is 19.8 Å². The molecule has 0 aromatic heterocycles. The van der Waals surface area contributed by atoms with Crippen molar-refractivity contribution >= 4 is 33.5 Å². The third kappa shape index (κ3) is 5.45. The van der Waals surface area contributed by atoms with Crippen molar-refractivity contribution < 1.29 is 19.5 Å². The van der Waals surface area contributed by atoms with Gasteiger partial charge in [0, 0.05) is 28.4 Å². The van der Waals surface area contributed by atoms with E-state index >= 15 is 0 Å². The zero-order valence-electron chi connectivity index (χ0n) is 22.3. The highest BCUT2D eigenvalue weighted by atomic mass is 79.9. The molecule has 0 heterocycles. The van der Waals surface area contributed by atoms with Crippen molar-refractivity contribution in [3.05, 3.63) is 33.3 Å². The van der Waals surface area contributed by atoms with Crippen LogP contribution in [-0.4, -0.2) is 35.8 Å². The van der Waals surface area contributed by atoms with Gasteiger partial charge in [-0.2, -0.15) is 0 Å². The molecule has 7 heteroatoms. The van der Waals surface area contributed by atoms with Gasteiger partial charge in [-0.05, 0) is 66.7 Å². The number of carboxylic acids is 1. The van der Waals surface area contributed by atoms with Crippen molar-refractivity contribution in [3.8, 4) is 0 Å². The predicted molar refractivity (Wildman–Crippen MR) is 143 cm³/mol. The summed E-state index contributed by atoms with van der Waals surface area (Å²) in [5.41, 5.74) is 2.80. The summed E-state index contributed by atoms with van der Waals surface area (Å²) in [5, 5.41) is 17.7. The number of carbonyl (C=O) groups is 2. The van der Waals surface area contributed by atoms with Gasteiger partial charge >= 0.3 is 5.97 Å². The van der Waals surface area contributed by atoms with E-state index < -0.39 is 16.8 Å². The molecule has 3 rings (SSSR count). The summed E-state index contributed by atoms with van der Waals surface area (Å²) in [6.45, 7) is 15.0. The number of aliphatic carboxylic acids is 1. The molecule has 2 N–H and O–H groups in total. The number of halogens is 1. The van der Waals surface area contributed by atoms with E-state index in [2.05, 4.69) is 59.3 Å². The molecule has 0 bridgehead atoms. The van der Waals surface area contributed by atoms with E-state index in [1.165, 1.54) is 5.56 Å². The van der Waals surface area contributed by atoms with Crippen molar-refractivity contribution in [3.63, 3.8) is 0 Å². The molecule has 194 valence electrons. The van der Waals surface area contributed by atoms with Crippen LogP contribution in [0.2, 0.25) is 0 Å². The van der Waals surface area contributed by atoms with Crippen LogP contribution in [0.15, 0.2) is 21.8 Å². The fourth-order valence-electron chi connectivity index (χ4n) is 5.76. The first-order valence-electron chi connectivity index (χ1n) is 12.8. The third-order valence-electron chi connectivity index (χ3n) is 8.06. The molecule has 0 spiro atoms. The van der Waals surface area contributed by atoms with Crippen LogP contribution in [0.25, 0.3) is 0 Å². The molecule has 1 saturated carbocycles. The number of fused-ring (bicyclic) bond motifs is 3. The highest BCUT2D eigenvalue weighted by molar-refractivity contribution is 9.10. The fourth-order valence-corrected chi connectivity index (χ4v) is 6.57. The van der Waals surface area contributed by atoms with Crippen LogP contribution in [0, 0.1) is 16.7 Å². The minimum Gasteiger partial charge on any atom is -0.481 e. The molecule has 1 amide bonds. The Labute approximate surface area is 218 Å². The molecule has 0 aliphatic heterocycles. The van der Waals surface area contributed by atoms with E-state index in [0.29, 0.717) is 38.3 Å². The molecule has 3 atom stereocenters. The number of nitrogens with one attached hydrogen (secondary N) is 1. The predicted octanol–water partition coefficient (Wildman–Crippen LogP) is 6.40. The van der Waals surface area contributed by atoms with Gasteiger partial charge < -0.3 is 15.3 Å². The molecule has 35 heavy (non-hydrogen) atoms. The molecule has 2 aliphatic carbocycles. The Bertz CT molecular complexity index is 1010. The molecule has 1 aromatic carbocycles. The van der Waals surface area contributed by atoms with E-state index in [9.17, 15) is 14.7 Å². The number of hydrogen-bond donors (Lipinski definition) is 2. The van der Waals surface area contributed by atoms with Crippen LogP contribution in [0.5, 0.6) is 0 Å². The summed E-state index contributed by atoms with van der Waals surface area (Å²) in [7, 11) is 0. The summed E-state index contributed by atoms with van der Waals surface area (Å²) in [4.78, 5) is 30.2. The van der Waals surface area contributed by atoms with Gasteiger partial charge in [-0.15, -0.1) is 0 Å². The van der Waals surface area contributed by atoms with E-state index in [-0.39, 0.29) is 17.2 Å². The molecule has 1 aromatic rings. The second-order valence-electron chi connectivity index (χ2n) is 12.1. The maximum Gasteiger partial charge on any atom is 0.309 e. The number of rotatable bonds is 7. The van der Waals surface area contributed by atoms with Crippen LogP contribution < -0.4 is 5.32 Å². The lowest BCUT2D eigenvalue weighted by Gasteiger charge is -2.53. The smallest absolute Gasteiger partial charge is 0.309 e. The van der Waals surface area contributed by atoms with Gasteiger partial charge in [0.1, 0.15) is 6.61 Å². The molecule has 0 saturated heterocycles. The van der Waals surface area contributed by atoms with Crippen LogP contribution in [0.4, 0.5) is 0 Å². The fraction of sp³-hybridized carbons (Fsp3) is 0.679. The first kappa shape index (κ1) is 27.7. The largest absolute Gasteiger partial charge is 0.481 e. The summed E-state index contributed by atoms with van der Waals surface area (Å²) >= 11 is 3.78. The molecular formula is C28H41BrN2O4. The number of carboxylic acid groups (broad SMARTS) is 1. The lowest BCUT2D eigenvalue weighted by Crippen LogP contribution is -2.53. The van der Waals surface area contributed by atoms with Gasteiger partial charge in [-0.1, -0.05) is 69.0 Å². The van der Waals surface area contributed by atoms with E-state index in [0.717, 1.165) is 34.2 Å². The number of benzene rings is 1. The molecule has 6 nitrogen and oxygen atoms in total. The van der Waals surface area contributed by atoms with Crippen LogP contribution in [0.3, 0.4) is 0 Å². The molecular weight excluding hydrogens is 508 g/mol. The lowest BCUT2D eigenvalue weighted by atomic mass is 9.49. The Morgan fingerprint density at radius 1 is 1.26 bits per heavy atom. The molecule has 1 fully saturated rings. The number of hydrogen-bond acceptors (Lipinski definition) is 4. The zero-order chi connectivity index (χ0) is 26.2. The quantitative estimate of drug-likeness (QED) is 0.305. The van der Waals surface area contributed by atoms with E-state index in [4.69, 9.17) is 4.84 Å². The van der Waals surface area contributed by atoms with Crippen molar-refractivity contribution in [1.29, 1.82) is 0 Å². The van der Waals surface area contributed by atoms with E-state index in [1.807, 2.05) is 27.7 Å². The summed E-state index contributed by atoms with van der Waals surface area (Å²) in [5.74, 6) is -0.450. The van der Waals surface area contributed by atoms with Crippen molar-refractivity contribution in [2.24, 2.45) is 21.9 Å². The Balaban J connectivity index is 1.90. The average molecular weight is 550 g/mol. The Kier molecular flexibility index (Phi) is 8.10. The highest BCUT2D eigenvalue weighted by Crippen LogP contribution is 2.58. The number of oxime groups is 1. The van der Waals surface area contributed by atoms with Gasteiger partial charge in [0.2, 0.25) is 5.91 Å². The number of nitrogens with zero attached hydrogens (tertiary/aromatic N) is 1. The van der Waals surface area contributed by atoms with Crippen LogP contribution in [0.1, 0.15) is 103 Å². The second-order valence-corrected chi connectivity index (χ2v) is 12.9. The maximum absolute atomic E-state index is 12.4. The van der Waals surface area contributed by atoms with Gasteiger partial charge in [0.05, 0.1) is 11.1 Å². The normalized spacial score (nSPS) is 27.3. The van der Waals surface area contributed by atoms with Crippen molar-refractivity contribution in [2.75, 3.05) is 13.2 Å². The second kappa shape index (κ2) is 10.2.